The molecule has 0 aliphatic rings. The predicted octanol–water partition coefficient (Wildman–Crippen LogP) is 1.63. The van der Waals surface area contributed by atoms with Gasteiger partial charge in [-0.1, -0.05) is 0 Å². The molecule has 0 aliphatic carbocycles. The second-order valence-corrected chi connectivity index (χ2v) is 2.47. The minimum absolute atomic E-state index is 0.718. The van der Waals surface area contributed by atoms with E-state index in [0.717, 1.165) is 12.1 Å². The zero-order valence-electron chi connectivity index (χ0n) is 7.05. The molecule has 0 fully saturated rings. The highest BCUT2D eigenvalue weighted by atomic mass is 19.3. The monoisotopic (exact) mass is 218 g/mol. The van der Waals surface area contributed by atoms with Crippen molar-refractivity contribution in [3.8, 4) is 0 Å². The quantitative estimate of drug-likeness (QED) is 0.614. The summed E-state index contributed by atoms with van der Waals surface area (Å²) in [5, 5.41) is 18.8. The Kier molecular flexibility index (Phi) is 2.88. The van der Waals surface area contributed by atoms with Crippen molar-refractivity contribution < 1.29 is 23.6 Å². The molecule has 80 valence electrons. The lowest BCUT2D eigenvalue weighted by Gasteiger charge is -1.99. The average Bonchev–Trinajstić information content (AvgIpc) is 2.16. The van der Waals surface area contributed by atoms with Crippen LogP contribution in [0.5, 0.6) is 0 Å². The van der Waals surface area contributed by atoms with Gasteiger partial charge in [0.2, 0.25) is 5.69 Å². The molecule has 1 rings (SSSR count). The molecule has 0 spiro atoms. The summed E-state index contributed by atoms with van der Waals surface area (Å²) in [5.74, 6) is -2.67. The maximum absolute atomic E-state index is 12.1. The van der Waals surface area contributed by atoms with E-state index in [1.165, 1.54) is 0 Å². The largest absolute Gasteiger partial charge is 0.477 e. The van der Waals surface area contributed by atoms with Crippen molar-refractivity contribution in [3.63, 3.8) is 0 Å². The number of rotatable bonds is 3. The molecule has 0 bridgehead atoms. The van der Waals surface area contributed by atoms with Gasteiger partial charge >= 0.3 is 18.2 Å². The van der Waals surface area contributed by atoms with Gasteiger partial charge in [-0.25, -0.2) is 13.6 Å². The fourth-order valence-electron chi connectivity index (χ4n) is 0.891. The van der Waals surface area contributed by atoms with E-state index in [-0.39, 0.29) is 0 Å². The van der Waals surface area contributed by atoms with Crippen LogP contribution in [0.4, 0.5) is 14.6 Å². The van der Waals surface area contributed by atoms with Crippen LogP contribution in [0.25, 0.3) is 0 Å². The molecule has 1 aromatic rings. The highest BCUT2D eigenvalue weighted by Gasteiger charge is 2.25. The number of alkyl halides is 2. The first-order chi connectivity index (χ1) is 6.93. The topological polar surface area (TPSA) is 93.3 Å². The molecule has 0 aliphatic heterocycles. The number of pyridine rings is 1. The summed E-state index contributed by atoms with van der Waals surface area (Å²) in [7, 11) is 0. The number of aromatic nitrogens is 1. The Hall–Kier alpha value is -2.12. The molecular weight excluding hydrogens is 214 g/mol. The number of hydrogen-bond donors (Lipinski definition) is 1. The zero-order valence-corrected chi connectivity index (χ0v) is 7.05. The van der Waals surface area contributed by atoms with Gasteiger partial charge in [-0.2, -0.15) is 0 Å². The van der Waals surface area contributed by atoms with Gasteiger partial charge in [-0.15, -0.1) is 0 Å². The van der Waals surface area contributed by atoms with Crippen LogP contribution < -0.4 is 0 Å². The van der Waals surface area contributed by atoms with Crippen LogP contribution in [0.1, 0.15) is 22.5 Å². The number of carboxylic acids is 1. The lowest BCUT2D eigenvalue weighted by atomic mass is 10.2. The smallest absolute Gasteiger partial charge is 0.378 e. The minimum atomic E-state index is -2.98. The van der Waals surface area contributed by atoms with Crippen LogP contribution in [0.3, 0.4) is 0 Å². The number of carboxylic acid groups (broad SMARTS) is 1. The number of aromatic carboxylic acids is 1. The molecule has 0 amide bonds. The number of nitro groups is 1. The summed E-state index contributed by atoms with van der Waals surface area (Å²) >= 11 is 0. The summed E-state index contributed by atoms with van der Waals surface area (Å²) in [6.45, 7) is 0. The van der Waals surface area contributed by atoms with E-state index in [0.29, 0.717) is 0 Å². The van der Waals surface area contributed by atoms with Crippen molar-refractivity contribution in [2.45, 2.75) is 6.43 Å². The van der Waals surface area contributed by atoms with E-state index < -0.39 is 34.4 Å². The number of nitrogens with zero attached hydrogens (tertiary/aromatic N) is 2. The fraction of sp³-hybridized carbons (Fsp3) is 0.143. The Morgan fingerprint density at radius 1 is 1.53 bits per heavy atom. The Bertz CT molecular complexity index is 421. The van der Waals surface area contributed by atoms with Crippen molar-refractivity contribution in [3.05, 3.63) is 33.5 Å². The first-order valence-electron chi connectivity index (χ1n) is 3.60. The molecule has 15 heavy (non-hydrogen) atoms. The van der Waals surface area contributed by atoms with Crippen molar-refractivity contribution in [2.24, 2.45) is 0 Å². The zero-order chi connectivity index (χ0) is 11.6. The predicted molar refractivity (Wildman–Crippen MR) is 42.8 cm³/mol. The molecule has 1 heterocycles. The van der Waals surface area contributed by atoms with Crippen molar-refractivity contribution in [2.75, 3.05) is 0 Å². The summed E-state index contributed by atoms with van der Waals surface area (Å²) in [6, 6.07) is 1.47. The van der Waals surface area contributed by atoms with Gasteiger partial charge in [0.25, 0.3) is 0 Å². The van der Waals surface area contributed by atoms with Crippen molar-refractivity contribution in [1.82, 2.24) is 4.98 Å². The van der Waals surface area contributed by atoms with Crippen LogP contribution in [-0.2, 0) is 0 Å². The van der Waals surface area contributed by atoms with Crippen LogP contribution in [0.2, 0.25) is 0 Å². The van der Waals surface area contributed by atoms with E-state index in [9.17, 15) is 23.7 Å². The molecule has 0 atom stereocenters. The fourth-order valence-corrected chi connectivity index (χ4v) is 0.891. The second kappa shape index (κ2) is 3.95. The number of hydrogen-bond acceptors (Lipinski definition) is 4. The lowest BCUT2D eigenvalue weighted by Crippen LogP contribution is -2.06. The molecule has 1 aromatic heterocycles. The Balaban J connectivity index is 3.33. The summed E-state index contributed by atoms with van der Waals surface area (Å²) in [6.07, 6.45) is -2.98. The minimum Gasteiger partial charge on any atom is -0.477 e. The number of carbonyl (C=O) groups is 1. The summed E-state index contributed by atoms with van der Waals surface area (Å²) in [4.78, 5) is 22.7. The Morgan fingerprint density at radius 3 is 2.53 bits per heavy atom. The van der Waals surface area contributed by atoms with Crippen LogP contribution >= 0.6 is 0 Å². The van der Waals surface area contributed by atoms with Crippen molar-refractivity contribution >= 4 is 11.8 Å². The third kappa shape index (κ3) is 2.22. The van der Waals surface area contributed by atoms with E-state index in [1.807, 2.05) is 0 Å². The van der Waals surface area contributed by atoms with Gasteiger partial charge in [0, 0.05) is 0 Å². The van der Waals surface area contributed by atoms with Gasteiger partial charge in [0.15, 0.2) is 5.56 Å². The Morgan fingerprint density at radius 2 is 2.13 bits per heavy atom. The first kappa shape index (κ1) is 11.0. The maximum atomic E-state index is 12.1. The highest BCUT2D eigenvalue weighted by Crippen LogP contribution is 2.22. The van der Waals surface area contributed by atoms with Gasteiger partial charge in [0.1, 0.15) is 0 Å². The third-order valence-corrected chi connectivity index (χ3v) is 1.52. The van der Waals surface area contributed by atoms with Crippen LogP contribution in [0.15, 0.2) is 12.1 Å². The molecule has 0 saturated carbocycles. The Labute approximate surface area is 81.3 Å². The lowest BCUT2D eigenvalue weighted by molar-refractivity contribution is -0.390. The maximum Gasteiger partial charge on any atom is 0.378 e. The van der Waals surface area contributed by atoms with Gasteiger partial charge in [-0.05, 0) is 22.0 Å². The third-order valence-electron chi connectivity index (χ3n) is 1.52. The van der Waals surface area contributed by atoms with E-state index in [1.54, 1.807) is 0 Å². The van der Waals surface area contributed by atoms with Crippen LogP contribution in [-0.4, -0.2) is 21.0 Å². The van der Waals surface area contributed by atoms with E-state index >= 15 is 0 Å². The van der Waals surface area contributed by atoms with Crippen LogP contribution in [0, 0.1) is 10.1 Å². The van der Waals surface area contributed by atoms with E-state index in [4.69, 9.17) is 5.11 Å². The molecule has 8 heteroatoms. The standard InChI is InChI=1S/C7H4F2N2O4/c8-5(9)4-2-1-3(7(12)13)6(10-4)11(14)15/h1-2,5H,(H,12,13). The second-order valence-electron chi connectivity index (χ2n) is 2.47. The molecule has 0 aromatic carbocycles. The highest BCUT2D eigenvalue weighted by molar-refractivity contribution is 5.91. The van der Waals surface area contributed by atoms with Crippen molar-refractivity contribution in [1.29, 1.82) is 0 Å². The molecular formula is C7H4F2N2O4. The van der Waals surface area contributed by atoms with Gasteiger partial charge in [-0.3, -0.25) is 0 Å². The summed E-state index contributed by atoms with van der Waals surface area (Å²) in [5.41, 5.74) is -1.55. The molecule has 0 unspecified atom stereocenters. The first-order valence-corrected chi connectivity index (χ1v) is 3.60. The summed E-state index contributed by atoms with van der Waals surface area (Å²) < 4.78 is 24.2. The van der Waals surface area contributed by atoms with E-state index in [2.05, 4.69) is 4.98 Å². The molecule has 1 N–H and O–H groups in total. The normalized spacial score (nSPS) is 10.3. The number of halogens is 2. The SMILES string of the molecule is O=C(O)c1ccc(C(F)F)nc1[N+](=O)[O-]. The average molecular weight is 218 g/mol. The van der Waals surface area contributed by atoms with Gasteiger partial charge in [0.05, 0.1) is 0 Å². The van der Waals surface area contributed by atoms with Gasteiger partial charge < -0.3 is 15.2 Å². The molecule has 6 nitrogen and oxygen atoms in total. The molecule has 0 saturated heterocycles. The molecule has 0 radical (unpaired) electrons.